The second-order valence-electron chi connectivity index (χ2n) is 8.21. The largest absolute Gasteiger partial charge is 0.507 e. The number of carbonyl (C=O) groups excluding carboxylic acids is 2. The number of amides is 1. The van der Waals surface area contributed by atoms with Crippen LogP contribution in [0.2, 0.25) is 0 Å². The molecule has 1 aliphatic heterocycles. The summed E-state index contributed by atoms with van der Waals surface area (Å²) in [6, 6.07) is 15.6. The number of hydrogen-bond acceptors (Lipinski definition) is 6. The molecule has 1 unspecified atom stereocenters. The molecule has 2 aromatic carbocycles. The van der Waals surface area contributed by atoms with Gasteiger partial charge in [-0.05, 0) is 65.9 Å². The second-order valence-corrected chi connectivity index (χ2v) is 9.19. The van der Waals surface area contributed by atoms with Gasteiger partial charge in [0.1, 0.15) is 17.3 Å². The van der Waals surface area contributed by atoms with E-state index in [1.165, 1.54) is 11.3 Å². The van der Waals surface area contributed by atoms with Gasteiger partial charge in [-0.3, -0.25) is 9.59 Å². The van der Waals surface area contributed by atoms with Crippen molar-refractivity contribution in [1.29, 1.82) is 0 Å². The Balaban J connectivity index is 1.51. The number of ether oxygens (including phenoxy) is 2. The summed E-state index contributed by atoms with van der Waals surface area (Å²) in [5, 5.41) is 14.0. The molecule has 4 aromatic rings. The van der Waals surface area contributed by atoms with E-state index in [0.29, 0.717) is 24.3 Å². The van der Waals surface area contributed by atoms with E-state index < -0.39 is 17.7 Å². The predicted molar refractivity (Wildman–Crippen MR) is 135 cm³/mol. The van der Waals surface area contributed by atoms with Gasteiger partial charge in [-0.15, -0.1) is 11.3 Å². The zero-order valence-corrected chi connectivity index (χ0v) is 20.1. The summed E-state index contributed by atoms with van der Waals surface area (Å²) in [5.41, 5.74) is 2.54. The van der Waals surface area contributed by atoms with E-state index in [1.54, 1.807) is 43.4 Å². The Hall–Kier alpha value is -4.04. The Morgan fingerprint density at radius 3 is 2.49 bits per heavy atom. The third-order valence-corrected chi connectivity index (χ3v) is 7.24. The standard InChI is InChI=1S/C27H24N2O5S/c1-33-18-7-5-16(6-8-18)25(30)23-24(22-4-3-13-35-22)29(27(32)26(23)31)12-11-17-15-28-21-10-9-19(34-2)14-20(17)21/h3-10,13-15,24,28,30H,11-12H2,1-2H3/b25-23-. The van der Waals surface area contributed by atoms with Crippen LogP contribution in [-0.4, -0.2) is 47.4 Å². The van der Waals surface area contributed by atoms with Crippen molar-refractivity contribution >= 4 is 39.7 Å². The van der Waals surface area contributed by atoms with Crippen molar-refractivity contribution in [3.63, 3.8) is 0 Å². The highest BCUT2D eigenvalue weighted by Crippen LogP contribution is 2.41. The highest BCUT2D eigenvalue weighted by molar-refractivity contribution is 7.10. The van der Waals surface area contributed by atoms with Crippen LogP contribution in [0.5, 0.6) is 11.5 Å². The average Bonchev–Trinajstić information content (AvgIpc) is 3.61. The number of Topliss-reactive ketones (excluding diaryl/α,β-unsaturated/α-hetero) is 1. The minimum atomic E-state index is -0.683. The number of fused-ring (bicyclic) bond motifs is 1. The molecule has 1 fully saturated rings. The second kappa shape index (κ2) is 9.31. The van der Waals surface area contributed by atoms with Crippen LogP contribution in [0.25, 0.3) is 16.7 Å². The summed E-state index contributed by atoms with van der Waals surface area (Å²) in [7, 11) is 3.18. The van der Waals surface area contributed by atoms with Crippen molar-refractivity contribution in [3.8, 4) is 11.5 Å². The van der Waals surface area contributed by atoms with Gasteiger partial charge in [0.2, 0.25) is 0 Å². The zero-order valence-electron chi connectivity index (χ0n) is 19.3. The lowest BCUT2D eigenvalue weighted by atomic mass is 9.99. The summed E-state index contributed by atoms with van der Waals surface area (Å²) < 4.78 is 10.5. The Kier molecular flexibility index (Phi) is 6.05. The highest BCUT2D eigenvalue weighted by atomic mass is 32.1. The molecular formula is C27H24N2O5S. The molecule has 7 nitrogen and oxygen atoms in total. The molecule has 8 heteroatoms. The van der Waals surface area contributed by atoms with E-state index >= 15 is 0 Å². The maximum Gasteiger partial charge on any atom is 0.295 e. The first-order valence-corrected chi connectivity index (χ1v) is 12.0. The maximum atomic E-state index is 13.2. The van der Waals surface area contributed by atoms with E-state index in [4.69, 9.17) is 9.47 Å². The summed E-state index contributed by atoms with van der Waals surface area (Å²) in [4.78, 5) is 32.0. The summed E-state index contributed by atoms with van der Waals surface area (Å²) in [6.45, 7) is 0.316. The Morgan fingerprint density at radius 2 is 1.80 bits per heavy atom. The number of aliphatic hydroxyl groups excluding tert-OH is 1. The molecule has 0 spiro atoms. The molecule has 0 aliphatic carbocycles. The lowest BCUT2D eigenvalue weighted by Gasteiger charge is -2.24. The molecule has 1 amide bonds. The van der Waals surface area contributed by atoms with Crippen molar-refractivity contribution in [2.24, 2.45) is 0 Å². The number of aromatic amines is 1. The number of aromatic nitrogens is 1. The zero-order chi connectivity index (χ0) is 24.5. The number of methoxy groups -OCH3 is 2. The van der Waals surface area contributed by atoms with Gasteiger partial charge in [-0.1, -0.05) is 6.07 Å². The lowest BCUT2D eigenvalue weighted by Crippen LogP contribution is -2.31. The molecule has 1 atom stereocenters. The van der Waals surface area contributed by atoms with Gasteiger partial charge in [0.05, 0.1) is 25.8 Å². The topological polar surface area (TPSA) is 91.9 Å². The number of carbonyl (C=O) groups is 2. The minimum absolute atomic E-state index is 0.100. The van der Waals surface area contributed by atoms with Gasteiger partial charge < -0.3 is 24.5 Å². The molecule has 1 aliphatic rings. The van der Waals surface area contributed by atoms with Crippen LogP contribution in [0.15, 0.2) is 71.7 Å². The summed E-state index contributed by atoms with van der Waals surface area (Å²) >= 11 is 1.45. The SMILES string of the molecule is COc1ccc(/C(O)=C2/C(=O)C(=O)N(CCc3c[nH]c4ccc(OC)cc34)C2c2cccs2)cc1. The third kappa shape index (κ3) is 4.06. The first kappa shape index (κ1) is 22.7. The Labute approximate surface area is 206 Å². The van der Waals surface area contributed by atoms with Gasteiger partial charge in [0.15, 0.2) is 0 Å². The van der Waals surface area contributed by atoms with Gasteiger partial charge in [-0.2, -0.15) is 0 Å². The number of nitrogens with one attached hydrogen (secondary N) is 1. The van der Waals surface area contributed by atoms with Crippen molar-refractivity contribution in [2.45, 2.75) is 12.5 Å². The van der Waals surface area contributed by atoms with Crippen LogP contribution in [-0.2, 0) is 16.0 Å². The minimum Gasteiger partial charge on any atom is -0.507 e. The molecule has 0 saturated carbocycles. The van der Waals surface area contributed by atoms with E-state index in [1.807, 2.05) is 41.9 Å². The van der Waals surface area contributed by atoms with Crippen LogP contribution in [0.4, 0.5) is 0 Å². The van der Waals surface area contributed by atoms with Gasteiger partial charge in [0.25, 0.3) is 11.7 Å². The number of hydrogen-bond donors (Lipinski definition) is 2. The predicted octanol–water partition coefficient (Wildman–Crippen LogP) is 4.91. The fraction of sp³-hybridized carbons (Fsp3) is 0.185. The maximum absolute atomic E-state index is 13.2. The molecule has 0 radical (unpaired) electrons. The van der Waals surface area contributed by atoms with Gasteiger partial charge >= 0.3 is 0 Å². The molecule has 35 heavy (non-hydrogen) atoms. The normalized spacial score (nSPS) is 17.3. The smallest absolute Gasteiger partial charge is 0.295 e. The van der Waals surface area contributed by atoms with Crippen LogP contribution >= 0.6 is 11.3 Å². The molecule has 0 bridgehead atoms. The first-order valence-electron chi connectivity index (χ1n) is 11.1. The Morgan fingerprint density at radius 1 is 1.06 bits per heavy atom. The molecule has 3 heterocycles. The number of aliphatic hydroxyl groups is 1. The number of nitrogens with zero attached hydrogens (tertiary/aromatic N) is 1. The average molecular weight is 489 g/mol. The van der Waals surface area contributed by atoms with Crippen molar-refractivity contribution in [2.75, 3.05) is 20.8 Å². The molecule has 5 rings (SSSR count). The van der Waals surface area contributed by atoms with Crippen molar-refractivity contribution < 1.29 is 24.2 Å². The molecule has 2 N–H and O–H groups in total. The van der Waals surface area contributed by atoms with Crippen LogP contribution in [0.1, 0.15) is 22.0 Å². The highest BCUT2D eigenvalue weighted by Gasteiger charge is 2.46. The molecule has 2 aromatic heterocycles. The quantitative estimate of drug-likeness (QED) is 0.219. The summed E-state index contributed by atoms with van der Waals surface area (Å²) in [5.74, 6) is -0.110. The van der Waals surface area contributed by atoms with E-state index in [-0.39, 0.29) is 11.3 Å². The fourth-order valence-electron chi connectivity index (χ4n) is 4.49. The Bertz CT molecular complexity index is 1420. The van der Waals surface area contributed by atoms with E-state index in [2.05, 4.69) is 4.98 Å². The van der Waals surface area contributed by atoms with E-state index in [9.17, 15) is 14.7 Å². The number of likely N-dealkylation sites (tertiary alicyclic amines) is 1. The monoisotopic (exact) mass is 488 g/mol. The number of H-pyrrole nitrogens is 1. The lowest BCUT2D eigenvalue weighted by molar-refractivity contribution is -0.139. The van der Waals surface area contributed by atoms with Crippen molar-refractivity contribution in [1.82, 2.24) is 9.88 Å². The van der Waals surface area contributed by atoms with Gasteiger partial charge in [-0.25, -0.2) is 0 Å². The molecular weight excluding hydrogens is 464 g/mol. The molecule has 178 valence electrons. The van der Waals surface area contributed by atoms with Crippen molar-refractivity contribution in [3.05, 3.63) is 87.8 Å². The van der Waals surface area contributed by atoms with E-state index in [0.717, 1.165) is 27.1 Å². The first-order chi connectivity index (χ1) is 17.0. The summed E-state index contributed by atoms with van der Waals surface area (Å²) in [6.07, 6.45) is 2.45. The fourth-order valence-corrected chi connectivity index (χ4v) is 5.34. The number of thiophene rings is 1. The third-order valence-electron chi connectivity index (χ3n) is 6.31. The number of rotatable bonds is 7. The van der Waals surface area contributed by atoms with Gasteiger partial charge in [0, 0.05) is 34.1 Å². The number of ketones is 1. The molecule has 1 saturated heterocycles. The number of benzene rings is 2. The van der Waals surface area contributed by atoms with Crippen LogP contribution < -0.4 is 9.47 Å². The van der Waals surface area contributed by atoms with Crippen LogP contribution in [0.3, 0.4) is 0 Å². The van der Waals surface area contributed by atoms with Crippen LogP contribution in [0, 0.1) is 0 Å².